The van der Waals surface area contributed by atoms with Crippen LogP contribution in [0, 0.1) is 10.1 Å². The van der Waals surface area contributed by atoms with Gasteiger partial charge in [0.2, 0.25) is 0 Å². The number of nitro groups is 1. The summed E-state index contributed by atoms with van der Waals surface area (Å²) in [6, 6.07) is 4.48. The van der Waals surface area contributed by atoms with E-state index in [0.29, 0.717) is 55.6 Å². The van der Waals surface area contributed by atoms with E-state index in [2.05, 4.69) is 36.5 Å². The van der Waals surface area contributed by atoms with Crippen molar-refractivity contribution in [3.05, 3.63) is 74.5 Å². The van der Waals surface area contributed by atoms with E-state index >= 15 is 0 Å². The quantitative estimate of drug-likeness (QED) is 0.333. The number of nitrogens with zero attached hydrogens (tertiary/aromatic N) is 6. The van der Waals surface area contributed by atoms with Gasteiger partial charge in [-0.05, 0) is 25.0 Å². The minimum atomic E-state index is -0.490. The van der Waals surface area contributed by atoms with Crippen LogP contribution in [0.15, 0.2) is 47.6 Å². The van der Waals surface area contributed by atoms with Crippen LogP contribution in [0.5, 0.6) is 0 Å². The number of benzene rings is 1. The maximum atomic E-state index is 13.7. The van der Waals surface area contributed by atoms with Crippen molar-refractivity contribution < 1.29 is 14.5 Å². The van der Waals surface area contributed by atoms with Crippen molar-refractivity contribution in [2.45, 2.75) is 32.0 Å². The molecule has 0 saturated carbocycles. The number of imidazole rings is 1. The van der Waals surface area contributed by atoms with Crippen LogP contribution in [0.25, 0.3) is 0 Å². The van der Waals surface area contributed by atoms with Gasteiger partial charge in [0.1, 0.15) is 5.69 Å². The lowest BCUT2D eigenvalue weighted by Gasteiger charge is -2.34. The van der Waals surface area contributed by atoms with Gasteiger partial charge in [-0.2, -0.15) is 0 Å². The predicted molar refractivity (Wildman–Crippen MR) is 144 cm³/mol. The lowest BCUT2D eigenvalue weighted by Crippen LogP contribution is -2.45. The third-order valence-electron chi connectivity index (χ3n) is 6.89. The number of aromatic nitrogens is 3. The number of pyridine rings is 1. The molecular weight excluding hydrogens is 556 g/mol. The number of hydrogen-bond acceptors (Lipinski definition) is 8. The van der Waals surface area contributed by atoms with Gasteiger partial charge in [0.15, 0.2) is 0 Å². The molecule has 1 atom stereocenters. The SMILES string of the molecule is CNc1cncc(C(=O)N2CCC[C@@H](Nc3c(C(=O)N4CCn5cncc5C4)cc(Br)cc3[N+](=O)[O-])C2)c1. The fraction of sp³-hybridized carbons (Fsp3) is 0.360. The number of fused-ring (bicyclic) bond motifs is 1. The molecule has 2 aliphatic rings. The Hall–Kier alpha value is -4.00. The van der Waals surface area contributed by atoms with Crippen LogP contribution in [0.3, 0.4) is 0 Å². The Bertz CT molecular complexity index is 1390. The Balaban J connectivity index is 1.40. The second-order valence-electron chi connectivity index (χ2n) is 9.36. The van der Waals surface area contributed by atoms with Crippen LogP contribution in [-0.4, -0.2) is 73.8 Å². The van der Waals surface area contributed by atoms with Gasteiger partial charge in [0, 0.05) is 68.4 Å². The number of halogens is 1. The molecule has 198 valence electrons. The molecule has 2 N–H and O–H groups in total. The fourth-order valence-corrected chi connectivity index (χ4v) is 5.39. The predicted octanol–water partition coefficient (Wildman–Crippen LogP) is 3.36. The molecule has 0 radical (unpaired) electrons. The molecule has 2 aliphatic heterocycles. The number of hydrogen-bond donors (Lipinski definition) is 2. The number of nitro benzene ring substituents is 1. The maximum absolute atomic E-state index is 13.7. The molecule has 5 rings (SSSR count). The first-order chi connectivity index (χ1) is 18.3. The number of carbonyl (C=O) groups is 2. The largest absolute Gasteiger partial charge is 0.387 e. The van der Waals surface area contributed by atoms with Crippen molar-refractivity contribution in [3.63, 3.8) is 0 Å². The zero-order valence-electron chi connectivity index (χ0n) is 20.8. The summed E-state index contributed by atoms with van der Waals surface area (Å²) in [6.45, 7) is 2.34. The summed E-state index contributed by atoms with van der Waals surface area (Å²) >= 11 is 3.34. The van der Waals surface area contributed by atoms with Gasteiger partial charge in [-0.1, -0.05) is 15.9 Å². The van der Waals surface area contributed by atoms with E-state index in [4.69, 9.17) is 0 Å². The second-order valence-corrected chi connectivity index (χ2v) is 10.3. The monoisotopic (exact) mass is 582 g/mol. The molecule has 38 heavy (non-hydrogen) atoms. The third-order valence-corrected chi connectivity index (χ3v) is 7.35. The summed E-state index contributed by atoms with van der Waals surface area (Å²) in [7, 11) is 1.76. The molecule has 1 saturated heterocycles. The Labute approximate surface area is 227 Å². The summed E-state index contributed by atoms with van der Waals surface area (Å²) in [4.78, 5) is 50.1. The Morgan fingerprint density at radius 3 is 2.71 bits per heavy atom. The lowest BCUT2D eigenvalue weighted by atomic mass is 10.0. The summed E-state index contributed by atoms with van der Waals surface area (Å²) in [5.74, 6) is -0.462. The molecule has 2 aromatic heterocycles. The lowest BCUT2D eigenvalue weighted by molar-refractivity contribution is -0.384. The highest BCUT2D eigenvalue weighted by Crippen LogP contribution is 2.35. The van der Waals surface area contributed by atoms with Gasteiger partial charge < -0.3 is 25.0 Å². The normalized spacial score (nSPS) is 17.1. The minimum absolute atomic E-state index is 0.160. The maximum Gasteiger partial charge on any atom is 0.294 e. The van der Waals surface area contributed by atoms with Crippen molar-refractivity contribution >= 4 is 44.8 Å². The van der Waals surface area contributed by atoms with Crippen molar-refractivity contribution in [1.29, 1.82) is 0 Å². The molecule has 12 nitrogen and oxygen atoms in total. The standard InChI is InChI=1S/C25H27BrN8O4/c1-27-19-7-16(10-28-11-19)24(35)31-4-2-3-18(13-31)30-23-21(8-17(26)9-22(23)34(37)38)25(36)32-5-6-33-15-29-12-20(33)14-32/h7-12,15,18,27,30H,2-6,13-14H2,1H3/t18-/m1/s1. The molecule has 0 bridgehead atoms. The number of likely N-dealkylation sites (tertiary alicyclic amines) is 1. The smallest absolute Gasteiger partial charge is 0.294 e. The van der Waals surface area contributed by atoms with Crippen LogP contribution >= 0.6 is 15.9 Å². The number of anilines is 2. The van der Waals surface area contributed by atoms with Gasteiger partial charge in [-0.15, -0.1) is 0 Å². The van der Waals surface area contributed by atoms with Gasteiger partial charge in [0.25, 0.3) is 17.5 Å². The van der Waals surface area contributed by atoms with E-state index in [-0.39, 0.29) is 34.8 Å². The van der Waals surface area contributed by atoms with Gasteiger partial charge in [0.05, 0.1) is 40.3 Å². The van der Waals surface area contributed by atoms with E-state index in [0.717, 1.165) is 11.4 Å². The summed E-state index contributed by atoms with van der Waals surface area (Å²) < 4.78 is 2.43. The first kappa shape index (κ1) is 25.6. The van der Waals surface area contributed by atoms with Crippen LogP contribution in [0.1, 0.15) is 39.3 Å². The highest BCUT2D eigenvalue weighted by atomic mass is 79.9. The van der Waals surface area contributed by atoms with E-state index in [1.807, 2.05) is 4.57 Å². The van der Waals surface area contributed by atoms with Gasteiger partial charge in [-0.3, -0.25) is 24.7 Å². The van der Waals surface area contributed by atoms with Crippen molar-refractivity contribution in [2.24, 2.45) is 0 Å². The molecule has 0 aliphatic carbocycles. The number of nitrogens with one attached hydrogen (secondary N) is 2. The van der Waals surface area contributed by atoms with E-state index < -0.39 is 4.92 Å². The number of carbonyl (C=O) groups excluding carboxylic acids is 2. The van der Waals surface area contributed by atoms with Crippen molar-refractivity contribution in [3.8, 4) is 0 Å². The Morgan fingerprint density at radius 1 is 1.08 bits per heavy atom. The molecule has 2 amide bonds. The Kier molecular flexibility index (Phi) is 7.27. The molecule has 0 spiro atoms. The first-order valence-corrected chi connectivity index (χ1v) is 13.1. The summed E-state index contributed by atoms with van der Waals surface area (Å²) in [5.41, 5.74) is 2.29. The highest BCUT2D eigenvalue weighted by molar-refractivity contribution is 9.10. The van der Waals surface area contributed by atoms with E-state index in [1.165, 1.54) is 12.3 Å². The summed E-state index contributed by atoms with van der Waals surface area (Å²) in [6.07, 6.45) is 8.03. The van der Waals surface area contributed by atoms with E-state index in [1.54, 1.807) is 47.7 Å². The zero-order chi connectivity index (χ0) is 26.8. The van der Waals surface area contributed by atoms with Crippen LogP contribution in [-0.2, 0) is 13.1 Å². The molecule has 1 aromatic carbocycles. The first-order valence-electron chi connectivity index (χ1n) is 12.3. The highest BCUT2D eigenvalue weighted by Gasteiger charge is 2.32. The molecule has 4 heterocycles. The molecular formula is C25H27BrN8O4. The summed E-state index contributed by atoms with van der Waals surface area (Å²) in [5, 5.41) is 18.3. The molecule has 13 heteroatoms. The molecule has 0 unspecified atom stereocenters. The second kappa shape index (κ2) is 10.8. The van der Waals surface area contributed by atoms with Crippen molar-refractivity contribution in [2.75, 3.05) is 37.3 Å². The Morgan fingerprint density at radius 2 is 1.92 bits per heavy atom. The molecule has 3 aromatic rings. The van der Waals surface area contributed by atoms with Gasteiger partial charge in [-0.25, -0.2) is 4.98 Å². The van der Waals surface area contributed by atoms with Crippen LogP contribution < -0.4 is 10.6 Å². The average Bonchev–Trinajstić information content (AvgIpc) is 3.41. The zero-order valence-corrected chi connectivity index (χ0v) is 22.3. The number of amides is 2. The minimum Gasteiger partial charge on any atom is -0.387 e. The molecule has 1 fully saturated rings. The number of piperidine rings is 1. The third kappa shape index (κ3) is 5.19. The fourth-order valence-electron chi connectivity index (χ4n) is 4.94. The van der Waals surface area contributed by atoms with Crippen molar-refractivity contribution in [1.82, 2.24) is 24.3 Å². The number of rotatable bonds is 6. The van der Waals surface area contributed by atoms with Crippen LogP contribution in [0.2, 0.25) is 0 Å². The average molecular weight is 583 g/mol. The van der Waals surface area contributed by atoms with E-state index in [9.17, 15) is 19.7 Å². The van der Waals surface area contributed by atoms with Gasteiger partial charge >= 0.3 is 0 Å². The topological polar surface area (TPSA) is 139 Å². The van der Waals surface area contributed by atoms with Crippen LogP contribution in [0.4, 0.5) is 17.1 Å².